The Morgan fingerprint density at radius 1 is 0.917 bits per heavy atom. The van der Waals surface area contributed by atoms with Crippen molar-refractivity contribution in [1.82, 2.24) is 4.90 Å². The average molecular weight is 171 g/mol. The second-order valence-corrected chi connectivity index (χ2v) is 6.14. The highest BCUT2D eigenvalue weighted by Crippen LogP contribution is 2.33. The van der Waals surface area contributed by atoms with Crippen LogP contribution in [0.15, 0.2) is 0 Å². The Labute approximate surface area is 78.1 Å². The molecular formula is C11H25N. The van der Waals surface area contributed by atoms with Crippen LogP contribution in [0.3, 0.4) is 0 Å². The van der Waals surface area contributed by atoms with E-state index in [1.54, 1.807) is 0 Å². The number of hydrogen-bond acceptors (Lipinski definition) is 1. The summed E-state index contributed by atoms with van der Waals surface area (Å²) in [6, 6.07) is 0. The molecule has 12 heavy (non-hydrogen) atoms. The van der Waals surface area contributed by atoms with Gasteiger partial charge in [0.25, 0.3) is 0 Å². The molecule has 1 nitrogen and oxygen atoms in total. The van der Waals surface area contributed by atoms with E-state index in [2.05, 4.69) is 53.6 Å². The van der Waals surface area contributed by atoms with Crippen molar-refractivity contribution in [2.75, 3.05) is 20.6 Å². The summed E-state index contributed by atoms with van der Waals surface area (Å²) < 4.78 is 0. The van der Waals surface area contributed by atoms with Crippen LogP contribution in [0, 0.1) is 10.8 Å². The van der Waals surface area contributed by atoms with Crippen molar-refractivity contribution in [1.29, 1.82) is 0 Å². The second-order valence-electron chi connectivity index (χ2n) is 6.14. The van der Waals surface area contributed by atoms with Crippen molar-refractivity contribution in [3.63, 3.8) is 0 Å². The normalized spacial score (nSPS) is 14.0. The molecule has 0 aliphatic heterocycles. The van der Waals surface area contributed by atoms with Gasteiger partial charge in [0.2, 0.25) is 0 Å². The molecule has 0 bridgehead atoms. The van der Waals surface area contributed by atoms with Gasteiger partial charge in [-0.2, -0.15) is 0 Å². The fourth-order valence-electron chi connectivity index (χ4n) is 2.35. The molecule has 0 heterocycles. The molecule has 0 saturated heterocycles. The van der Waals surface area contributed by atoms with Crippen molar-refractivity contribution in [2.45, 2.75) is 41.0 Å². The predicted octanol–water partition coefficient (Wildman–Crippen LogP) is 3.01. The maximum atomic E-state index is 2.35. The maximum absolute atomic E-state index is 2.35. The predicted molar refractivity (Wildman–Crippen MR) is 56.4 cm³/mol. The first-order valence-electron chi connectivity index (χ1n) is 4.77. The van der Waals surface area contributed by atoms with E-state index in [0.717, 1.165) is 0 Å². The van der Waals surface area contributed by atoms with Gasteiger partial charge >= 0.3 is 0 Å². The third-order valence-corrected chi connectivity index (χ3v) is 1.75. The largest absolute Gasteiger partial charge is 0.309 e. The highest BCUT2D eigenvalue weighted by molar-refractivity contribution is 4.77. The molecule has 0 fully saturated rings. The van der Waals surface area contributed by atoms with Crippen LogP contribution < -0.4 is 0 Å². The summed E-state index contributed by atoms with van der Waals surface area (Å²) in [5.41, 5.74) is 0.876. The van der Waals surface area contributed by atoms with Crippen molar-refractivity contribution in [3.8, 4) is 0 Å². The number of nitrogens with zero attached hydrogens (tertiary/aromatic N) is 1. The van der Waals surface area contributed by atoms with Crippen LogP contribution in [0.5, 0.6) is 0 Å². The molecule has 0 aromatic carbocycles. The topological polar surface area (TPSA) is 3.24 Å². The molecule has 0 N–H and O–H groups in total. The quantitative estimate of drug-likeness (QED) is 0.631. The van der Waals surface area contributed by atoms with Crippen LogP contribution in [0.4, 0.5) is 0 Å². The monoisotopic (exact) mass is 171 g/mol. The van der Waals surface area contributed by atoms with E-state index in [0.29, 0.717) is 10.8 Å². The molecule has 0 radical (unpaired) electrons. The van der Waals surface area contributed by atoms with Crippen LogP contribution in [0.1, 0.15) is 41.0 Å². The Morgan fingerprint density at radius 2 is 1.33 bits per heavy atom. The maximum Gasteiger partial charge on any atom is 0.00268 e. The molecule has 0 aliphatic rings. The fraction of sp³-hybridized carbons (Fsp3) is 1.00. The lowest BCUT2D eigenvalue weighted by molar-refractivity contribution is 0.162. The first-order chi connectivity index (χ1) is 5.12. The minimum Gasteiger partial charge on any atom is -0.309 e. The van der Waals surface area contributed by atoms with Gasteiger partial charge in [0.05, 0.1) is 0 Å². The van der Waals surface area contributed by atoms with Crippen LogP contribution in [0.25, 0.3) is 0 Å². The SMILES string of the molecule is CN(C)CC(C)(C)CC(C)(C)C. The summed E-state index contributed by atoms with van der Waals surface area (Å²) in [4.78, 5) is 2.27. The molecule has 0 aliphatic carbocycles. The molecule has 1 heteroatoms. The van der Waals surface area contributed by atoms with Gasteiger partial charge in [0.15, 0.2) is 0 Å². The highest BCUT2D eigenvalue weighted by Gasteiger charge is 2.25. The highest BCUT2D eigenvalue weighted by atomic mass is 15.1. The zero-order valence-electron chi connectivity index (χ0n) is 9.86. The molecule has 0 aromatic rings. The third kappa shape index (κ3) is 6.66. The van der Waals surface area contributed by atoms with Crippen molar-refractivity contribution in [2.24, 2.45) is 10.8 Å². The van der Waals surface area contributed by atoms with E-state index < -0.39 is 0 Å². The summed E-state index contributed by atoms with van der Waals surface area (Å²) in [7, 11) is 4.29. The van der Waals surface area contributed by atoms with Gasteiger partial charge in [-0.1, -0.05) is 34.6 Å². The van der Waals surface area contributed by atoms with Gasteiger partial charge in [-0.05, 0) is 31.3 Å². The smallest absolute Gasteiger partial charge is 0.00268 e. The first-order valence-corrected chi connectivity index (χ1v) is 4.77. The Balaban J connectivity index is 4.04. The minimum atomic E-state index is 0.432. The molecule has 0 unspecified atom stereocenters. The molecule has 0 amide bonds. The zero-order valence-corrected chi connectivity index (χ0v) is 9.86. The summed E-state index contributed by atoms with van der Waals surface area (Å²) in [5, 5.41) is 0. The molecule has 0 saturated carbocycles. The molecule has 0 atom stereocenters. The Hall–Kier alpha value is -0.0400. The van der Waals surface area contributed by atoms with Gasteiger partial charge in [0.1, 0.15) is 0 Å². The van der Waals surface area contributed by atoms with E-state index in [1.165, 1.54) is 13.0 Å². The summed E-state index contributed by atoms with van der Waals surface area (Å²) >= 11 is 0. The van der Waals surface area contributed by atoms with Gasteiger partial charge in [0, 0.05) is 6.54 Å². The van der Waals surface area contributed by atoms with Crippen LogP contribution in [-0.4, -0.2) is 25.5 Å². The lowest BCUT2D eigenvalue weighted by Gasteiger charge is -2.34. The molecular weight excluding hydrogens is 146 g/mol. The lowest BCUT2D eigenvalue weighted by atomic mass is 9.76. The number of rotatable bonds is 3. The summed E-state index contributed by atoms with van der Waals surface area (Å²) in [6.45, 7) is 12.8. The molecule has 0 spiro atoms. The molecule has 74 valence electrons. The van der Waals surface area contributed by atoms with Gasteiger partial charge < -0.3 is 4.90 Å². The van der Waals surface area contributed by atoms with E-state index >= 15 is 0 Å². The van der Waals surface area contributed by atoms with Gasteiger partial charge in [-0.15, -0.1) is 0 Å². The molecule has 0 aromatic heterocycles. The average Bonchev–Trinajstić information content (AvgIpc) is 1.48. The first kappa shape index (κ1) is 12.0. The summed E-state index contributed by atoms with van der Waals surface area (Å²) in [6.07, 6.45) is 1.28. The lowest BCUT2D eigenvalue weighted by Crippen LogP contribution is -2.32. The van der Waals surface area contributed by atoms with E-state index in [9.17, 15) is 0 Å². The summed E-state index contributed by atoms with van der Waals surface area (Å²) in [5.74, 6) is 0. The fourth-order valence-corrected chi connectivity index (χ4v) is 2.35. The molecule has 0 rings (SSSR count). The van der Waals surface area contributed by atoms with E-state index in [-0.39, 0.29) is 0 Å². The Morgan fingerprint density at radius 3 is 1.58 bits per heavy atom. The van der Waals surface area contributed by atoms with Crippen molar-refractivity contribution < 1.29 is 0 Å². The van der Waals surface area contributed by atoms with Gasteiger partial charge in [-0.3, -0.25) is 0 Å². The van der Waals surface area contributed by atoms with E-state index in [4.69, 9.17) is 0 Å². The standard InChI is InChI=1S/C11H25N/c1-10(2,3)8-11(4,5)9-12(6)7/h8-9H2,1-7H3. The Kier molecular flexibility index (Phi) is 3.77. The second kappa shape index (κ2) is 3.78. The van der Waals surface area contributed by atoms with Crippen LogP contribution >= 0.6 is 0 Å². The van der Waals surface area contributed by atoms with Gasteiger partial charge in [-0.25, -0.2) is 0 Å². The van der Waals surface area contributed by atoms with Crippen molar-refractivity contribution in [3.05, 3.63) is 0 Å². The van der Waals surface area contributed by atoms with Crippen molar-refractivity contribution >= 4 is 0 Å². The third-order valence-electron chi connectivity index (χ3n) is 1.75. The minimum absolute atomic E-state index is 0.432. The Bertz CT molecular complexity index is 128. The van der Waals surface area contributed by atoms with Crippen LogP contribution in [0.2, 0.25) is 0 Å². The zero-order chi connectivity index (χ0) is 9.99. The van der Waals surface area contributed by atoms with Crippen LogP contribution in [-0.2, 0) is 0 Å². The number of hydrogen-bond donors (Lipinski definition) is 0. The van der Waals surface area contributed by atoms with E-state index in [1.807, 2.05) is 0 Å².